The molecule has 4 aromatic heterocycles. The van der Waals surface area contributed by atoms with Gasteiger partial charge in [0.25, 0.3) is 0 Å². The van der Waals surface area contributed by atoms with Gasteiger partial charge >= 0.3 is 0 Å². The molecule has 2 aromatic carbocycles. The van der Waals surface area contributed by atoms with Crippen LogP contribution in [0.4, 0.5) is 0 Å². The maximum atomic E-state index is 5.13. The Morgan fingerprint density at radius 2 is 1.35 bits per heavy atom. The first-order valence-electron chi connectivity index (χ1n) is 13.9. The van der Waals surface area contributed by atoms with Gasteiger partial charge in [-0.2, -0.15) is 0 Å². The summed E-state index contributed by atoms with van der Waals surface area (Å²) < 4.78 is 4.59. The van der Waals surface area contributed by atoms with E-state index in [0.717, 1.165) is 65.0 Å². The van der Waals surface area contributed by atoms with Gasteiger partial charge in [0.05, 0.1) is 0 Å². The molecule has 0 unspecified atom stereocenters. The summed E-state index contributed by atoms with van der Waals surface area (Å²) in [5.41, 5.74) is 12.7. The van der Waals surface area contributed by atoms with Crippen molar-refractivity contribution in [2.75, 3.05) is 0 Å². The Balaban J connectivity index is 1.27. The number of hydrogen-bond donors (Lipinski definition) is 0. The van der Waals surface area contributed by atoms with Crippen LogP contribution in [-0.4, -0.2) is 24.1 Å². The molecule has 40 heavy (non-hydrogen) atoms. The molecular weight excluding hydrogens is 490 g/mol. The van der Waals surface area contributed by atoms with Gasteiger partial charge in [0.1, 0.15) is 11.3 Å². The SMILES string of the molecule is C1=Cc2c(c3c(n2-c2ccc(-c4nc5cc(-c6cccnc6)cnc5n4-c4ccccc4)cc2)C=CCC3)CC1. The Kier molecular flexibility index (Phi) is 5.33. The number of benzene rings is 2. The second-order valence-corrected chi connectivity index (χ2v) is 10.4. The Hall–Kier alpha value is -5.03. The molecule has 192 valence electrons. The topological polar surface area (TPSA) is 48.5 Å². The minimum absolute atomic E-state index is 0.835. The summed E-state index contributed by atoms with van der Waals surface area (Å²) in [6.07, 6.45) is 19.3. The smallest absolute Gasteiger partial charge is 0.164 e. The average molecular weight is 518 g/mol. The van der Waals surface area contributed by atoms with E-state index in [1.807, 2.05) is 30.6 Å². The highest BCUT2D eigenvalue weighted by Crippen LogP contribution is 2.36. The van der Waals surface area contributed by atoms with Crippen molar-refractivity contribution in [1.29, 1.82) is 0 Å². The molecule has 8 rings (SSSR count). The van der Waals surface area contributed by atoms with E-state index in [2.05, 4.69) is 93.0 Å². The van der Waals surface area contributed by atoms with Crippen molar-refractivity contribution in [3.63, 3.8) is 0 Å². The maximum Gasteiger partial charge on any atom is 0.164 e. The van der Waals surface area contributed by atoms with Crippen LogP contribution in [0.15, 0.2) is 104 Å². The van der Waals surface area contributed by atoms with Crippen LogP contribution in [0.2, 0.25) is 0 Å². The molecular formula is C35H27N5. The number of pyridine rings is 2. The lowest BCUT2D eigenvalue weighted by Gasteiger charge is -2.14. The fourth-order valence-corrected chi connectivity index (χ4v) is 6.17. The fourth-order valence-electron chi connectivity index (χ4n) is 6.17. The number of rotatable bonds is 4. The number of imidazole rings is 1. The van der Waals surface area contributed by atoms with Gasteiger partial charge in [-0.05, 0) is 97.5 Å². The van der Waals surface area contributed by atoms with Gasteiger partial charge < -0.3 is 4.57 Å². The summed E-state index contributed by atoms with van der Waals surface area (Å²) in [4.78, 5) is 14.3. The van der Waals surface area contributed by atoms with Crippen molar-refractivity contribution in [3.8, 4) is 33.9 Å². The van der Waals surface area contributed by atoms with Crippen LogP contribution in [-0.2, 0) is 12.8 Å². The number of aromatic nitrogens is 5. The Morgan fingerprint density at radius 1 is 0.625 bits per heavy atom. The monoisotopic (exact) mass is 517 g/mol. The quantitative estimate of drug-likeness (QED) is 0.239. The minimum Gasteiger partial charge on any atom is -0.310 e. The van der Waals surface area contributed by atoms with Crippen molar-refractivity contribution in [2.24, 2.45) is 0 Å². The number of nitrogens with zero attached hydrogens (tertiary/aromatic N) is 5. The van der Waals surface area contributed by atoms with E-state index in [-0.39, 0.29) is 0 Å². The number of hydrogen-bond acceptors (Lipinski definition) is 3. The van der Waals surface area contributed by atoms with Crippen molar-refractivity contribution in [1.82, 2.24) is 24.1 Å². The van der Waals surface area contributed by atoms with Gasteiger partial charge in [-0.25, -0.2) is 9.97 Å². The van der Waals surface area contributed by atoms with Crippen LogP contribution in [0, 0.1) is 0 Å². The molecule has 2 aliphatic carbocycles. The van der Waals surface area contributed by atoms with Gasteiger partial charge in [-0.1, -0.05) is 36.4 Å². The van der Waals surface area contributed by atoms with Gasteiger partial charge in [-0.3, -0.25) is 9.55 Å². The molecule has 0 spiro atoms. The second-order valence-electron chi connectivity index (χ2n) is 10.4. The predicted octanol–water partition coefficient (Wildman–Crippen LogP) is 7.86. The standard InChI is InChI=1S/C35H27N5/c1-2-10-27(11-3-1)40-34(38-31-21-26(23-37-35(31)40)25-9-8-20-36-22-25)24-16-18-28(19-17-24)39-32-14-6-4-12-29(32)30-13-5-7-15-33(30)39/h1-3,6-11,14-23H,4-5,12-13H2. The van der Waals surface area contributed by atoms with E-state index in [4.69, 9.17) is 9.97 Å². The normalized spacial score (nSPS) is 13.9. The van der Waals surface area contributed by atoms with E-state index in [9.17, 15) is 0 Å². The third-order valence-electron chi connectivity index (χ3n) is 8.03. The molecule has 0 amide bonds. The van der Waals surface area contributed by atoms with Crippen molar-refractivity contribution in [3.05, 3.63) is 126 Å². The van der Waals surface area contributed by atoms with Gasteiger partial charge in [0.15, 0.2) is 5.65 Å². The van der Waals surface area contributed by atoms with Crippen LogP contribution >= 0.6 is 0 Å². The predicted molar refractivity (Wildman–Crippen MR) is 162 cm³/mol. The maximum absolute atomic E-state index is 5.13. The van der Waals surface area contributed by atoms with Crippen LogP contribution in [0.5, 0.6) is 0 Å². The van der Waals surface area contributed by atoms with Crippen LogP contribution < -0.4 is 0 Å². The third-order valence-corrected chi connectivity index (χ3v) is 8.03. The van der Waals surface area contributed by atoms with Crippen molar-refractivity contribution < 1.29 is 0 Å². The van der Waals surface area contributed by atoms with Gasteiger partial charge in [-0.15, -0.1) is 0 Å². The number of para-hydroxylation sites is 1. The lowest BCUT2D eigenvalue weighted by atomic mass is 9.94. The number of allylic oxidation sites excluding steroid dienone is 2. The highest BCUT2D eigenvalue weighted by Gasteiger charge is 2.23. The Morgan fingerprint density at radius 3 is 2.05 bits per heavy atom. The molecule has 0 radical (unpaired) electrons. The fraction of sp³-hybridized carbons (Fsp3) is 0.114. The highest BCUT2D eigenvalue weighted by molar-refractivity contribution is 5.84. The molecule has 0 aliphatic heterocycles. The first kappa shape index (κ1) is 22.9. The molecule has 0 atom stereocenters. The van der Waals surface area contributed by atoms with Crippen LogP contribution in [0.25, 0.3) is 57.2 Å². The van der Waals surface area contributed by atoms with Gasteiger partial charge in [0.2, 0.25) is 0 Å². The molecule has 0 saturated carbocycles. The first-order valence-corrected chi connectivity index (χ1v) is 13.9. The first-order chi connectivity index (χ1) is 19.8. The van der Waals surface area contributed by atoms with E-state index in [0.29, 0.717) is 0 Å². The van der Waals surface area contributed by atoms with E-state index in [1.165, 1.54) is 28.2 Å². The lowest BCUT2D eigenvalue weighted by molar-refractivity contribution is 0.922. The van der Waals surface area contributed by atoms with E-state index >= 15 is 0 Å². The van der Waals surface area contributed by atoms with Gasteiger partial charge in [0, 0.05) is 58.0 Å². The van der Waals surface area contributed by atoms with E-state index < -0.39 is 0 Å². The molecule has 0 N–H and O–H groups in total. The van der Waals surface area contributed by atoms with Crippen LogP contribution in [0.3, 0.4) is 0 Å². The molecule has 0 saturated heterocycles. The molecule has 2 aliphatic rings. The zero-order valence-electron chi connectivity index (χ0n) is 22.0. The zero-order chi connectivity index (χ0) is 26.5. The molecule has 6 aromatic rings. The summed E-state index contributed by atoms with van der Waals surface area (Å²) in [6.45, 7) is 0. The molecule has 4 heterocycles. The average Bonchev–Trinajstić information content (AvgIpc) is 3.58. The summed E-state index contributed by atoms with van der Waals surface area (Å²) in [6, 6.07) is 25.3. The molecule has 0 bridgehead atoms. The molecule has 5 heteroatoms. The summed E-state index contributed by atoms with van der Waals surface area (Å²) in [5.74, 6) is 0.875. The lowest BCUT2D eigenvalue weighted by Crippen LogP contribution is -2.03. The van der Waals surface area contributed by atoms with Crippen LogP contribution in [0.1, 0.15) is 35.4 Å². The summed E-state index contributed by atoms with van der Waals surface area (Å²) in [7, 11) is 0. The second kappa shape index (κ2) is 9.31. The largest absolute Gasteiger partial charge is 0.310 e. The third kappa shape index (κ3) is 3.66. The summed E-state index contributed by atoms with van der Waals surface area (Å²) >= 11 is 0. The van der Waals surface area contributed by atoms with Crippen molar-refractivity contribution >= 4 is 23.3 Å². The Labute approximate surface area is 232 Å². The van der Waals surface area contributed by atoms with E-state index in [1.54, 1.807) is 6.20 Å². The molecule has 5 nitrogen and oxygen atoms in total. The minimum atomic E-state index is 0.835. The highest BCUT2D eigenvalue weighted by atomic mass is 15.1. The number of fused-ring (bicyclic) bond motifs is 4. The summed E-state index contributed by atoms with van der Waals surface area (Å²) in [5, 5.41) is 0. The zero-order valence-corrected chi connectivity index (χ0v) is 22.0. The van der Waals surface area contributed by atoms with Crippen molar-refractivity contribution in [2.45, 2.75) is 25.7 Å². The Bertz CT molecular complexity index is 1880. The molecule has 0 fully saturated rings.